The number of halogens is 1. The number of aromatic nitrogens is 1. The van der Waals surface area contributed by atoms with Crippen molar-refractivity contribution in [3.63, 3.8) is 0 Å². The molecule has 8 heteroatoms. The molecule has 1 aliphatic rings. The molecule has 7 nitrogen and oxygen atoms in total. The fourth-order valence-corrected chi connectivity index (χ4v) is 2.82. The van der Waals surface area contributed by atoms with Crippen molar-refractivity contribution in [2.24, 2.45) is 0 Å². The first-order chi connectivity index (χ1) is 12.6. The minimum absolute atomic E-state index is 0.182. The van der Waals surface area contributed by atoms with Gasteiger partial charge >= 0.3 is 6.03 Å². The highest BCUT2D eigenvalue weighted by molar-refractivity contribution is 5.89. The zero-order chi connectivity index (χ0) is 18.5. The molecule has 0 bridgehead atoms. The summed E-state index contributed by atoms with van der Waals surface area (Å²) < 4.78 is 23.9. The second kappa shape index (κ2) is 7.90. The number of piperazine rings is 1. The van der Waals surface area contributed by atoms with Crippen LogP contribution in [0.5, 0.6) is 11.6 Å². The molecule has 138 valence electrons. The summed E-state index contributed by atoms with van der Waals surface area (Å²) in [7, 11) is 2.96. The van der Waals surface area contributed by atoms with Crippen LogP contribution in [0.2, 0.25) is 0 Å². The highest BCUT2D eigenvalue weighted by Crippen LogP contribution is 2.24. The topological polar surface area (TPSA) is 66.9 Å². The molecule has 26 heavy (non-hydrogen) atoms. The van der Waals surface area contributed by atoms with E-state index in [0.717, 1.165) is 5.69 Å². The van der Waals surface area contributed by atoms with E-state index in [0.29, 0.717) is 37.7 Å². The van der Waals surface area contributed by atoms with Gasteiger partial charge in [0.2, 0.25) is 5.88 Å². The van der Waals surface area contributed by atoms with Gasteiger partial charge in [-0.1, -0.05) is 0 Å². The average Bonchev–Trinajstić information content (AvgIpc) is 2.68. The van der Waals surface area contributed by atoms with E-state index in [-0.39, 0.29) is 11.8 Å². The van der Waals surface area contributed by atoms with Gasteiger partial charge in [0.15, 0.2) is 11.6 Å². The number of nitrogens with zero attached hydrogens (tertiary/aromatic N) is 3. The Bertz CT molecular complexity index is 779. The quantitative estimate of drug-likeness (QED) is 0.908. The summed E-state index contributed by atoms with van der Waals surface area (Å²) in [6, 6.07) is 8.07. The molecule has 0 radical (unpaired) electrons. The normalized spacial score (nSPS) is 14.1. The van der Waals surface area contributed by atoms with E-state index in [1.807, 2.05) is 11.0 Å². The van der Waals surface area contributed by atoms with Crippen molar-refractivity contribution in [3.05, 3.63) is 42.3 Å². The number of pyridine rings is 1. The summed E-state index contributed by atoms with van der Waals surface area (Å²) >= 11 is 0. The second-order valence-electron chi connectivity index (χ2n) is 5.81. The van der Waals surface area contributed by atoms with Crippen LogP contribution < -0.4 is 19.7 Å². The van der Waals surface area contributed by atoms with Crippen molar-refractivity contribution in [3.8, 4) is 11.6 Å². The number of benzene rings is 1. The van der Waals surface area contributed by atoms with Gasteiger partial charge < -0.3 is 24.6 Å². The number of hydrogen-bond acceptors (Lipinski definition) is 5. The summed E-state index contributed by atoms with van der Waals surface area (Å²) in [5.41, 5.74) is 1.41. The van der Waals surface area contributed by atoms with Crippen molar-refractivity contribution in [1.82, 2.24) is 9.88 Å². The van der Waals surface area contributed by atoms with E-state index >= 15 is 0 Å². The highest BCUT2D eigenvalue weighted by atomic mass is 19.1. The fraction of sp³-hybridized carbons (Fsp3) is 0.333. The number of anilines is 2. The molecule has 0 unspecified atom stereocenters. The van der Waals surface area contributed by atoms with Gasteiger partial charge in [-0.3, -0.25) is 0 Å². The third-order valence-corrected chi connectivity index (χ3v) is 4.26. The Labute approximate surface area is 151 Å². The summed E-state index contributed by atoms with van der Waals surface area (Å²) in [5, 5.41) is 2.84. The minimum atomic E-state index is -0.392. The van der Waals surface area contributed by atoms with E-state index < -0.39 is 5.82 Å². The van der Waals surface area contributed by atoms with Gasteiger partial charge in [0.05, 0.1) is 14.2 Å². The van der Waals surface area contributed by atoms with Crippen molar-refractivity contribution < 1.29 is 18.7 Å². The summed E-state index contributed by atoms with van der Waals surface area (Å²) in [5.74, 6) is 0.269. The minimum Gasteiger partial charge on any atom is -0.494 e. The molecule has 2 aromatic rings. The van der Waals surface area contributed by atoms with E-state index in [4.69, 9.17) is 9.47 Å². The third kappa shape index (κ3) is 3.96. The lowest BCUT2D eigenvalue weighted by atomic mass is 10.2. The van der Waals surface area contributed by atoms with E-state index in [1.165, 1.54) is 20.3 Å². The Morgan fingerprint density at radius 3 is 2.54 bits per heavy atom. The predicted molar refractivity (Wildman–Crippen MR) is 96.5 cm³/mol. The summed E-state index contributed by atoms with van der Waals surface area (Å²) in [4.78, 5) is 20.2. The van der Waals surface area contributed by atoms with Crippen molar-refractivity contribution in [2.75, 3.05) is 50.6 Å². The number of hydrogen-bond donors (Lipinski definition) is 1. The molecule has 1 saturated heterocycles. The highest BCUT2D eigenvalue weighted by Gasteiger charge is 2.22. The van der Waals surface area contributed by atoms with Crippen LogP contribution in [0.15, 0.2) is 36.5 Å². The molecular weight excluding hydrogens is 339 g/mol. The second-order valence-corrected chi connectivity index (χ2v) is 5.81. The van der Waals surface area contributed by atoms with Crippen LogP contribution >= 0.6 is 0 Å². The predicted octanol–water partition coefficient (Wildman–Crippen LogP) is 2.59. The maximum Gasteiger partial charge on any atom is 0.321 e. The lowest BCUT2D eigenvalue weighted by molar-refractivity contribution is 0.208. The third-order valence-electron chi connectivity index (χ3n) is 4.26. The molecule has 0 spiro atoms. The zero-order valence-corrected chi connectivity index (χ0v) is 14.7. The lowest BCUT2D eigenvalue weighted by Crippen LogP contribution is -2.50. The lowest BCUT2D eigenvalue weighted by Gasteiger charge is -2.36. The number of amides is 2. The molecule has 1 aromatic heterocycles. The Morgan fingerprint density at radius 1 is 1.12 bits per heavy atom. The number of urea groups is 1. The Hall–Kier alpha value is -3.03. The Balaban J connectivity index is 1.57. The molecule has 1 N–H and O–H groups in total. The monoisotopic (exact) mass is 360 g/mol. The number of ether oxygens (including phenoxy) is 2. The molecule has 2 heterocycles. The van der Waals surface area contributed by atoms with Gasteiger partial charge in [0.1, 0.15) is 0 Å². The molecule has 0 saturated carbocycles. The van der Waals surface area contributed by atoms with Gasteiger partial charge in [-0.15, -0.1) is 0 Å². The van der Waals surface area contributed by atoms with Crippen molar-refractivity contribution in [1.29, 1.82) is 0 Å². The number of methoxy groups -OCH3 is 2. The number of rotatable bonds is 4. The molecule has 1 aliphatic heterocycles. The van der Waals surface area contributed by atoms with Crippen LogP contribution in [-0.4, -0.2) is 56.3 Å². The van der Waals surface area contributed by atoms with Gasteiger partial charge in [0.25, 0.3) is 0 Å². The van der Waals surface area contributed by atoms with Crippen LogP contribution in [0.4, 0.5) is 20.6 Å². The molecule has 3 rings (SSSR count). The SMILES string of the molecule is COc1cc(NC(=O)N2CCN(c3ccc(OC)c(F)c3)CC2)ccn1. The van der Waals surface area contributed by atoms with Crippen LogP contribution in [0.3, 0.4) is 0 Å². The first-order valence-corrected chi connectivity index (χ1v) is 8.25. The zero-order valence-electron chi connectivity index (χ0n) is 14.7. The first-order valence-electron chi connectivity index (χ1n) is 8.25. The number of carbonyl (C=O) groups excluding carboxylic acids is 1. The van der Waals surface area contributed by atoms with E-state index in [9.17, 15) is 9.18 Å². The van der Waals surface area contributed by atoms with Gasteiger partial charge in [0, 0.05) is 55.9 Å². The molecular formula is C18H21FN4O3. The van der Waals surface area contributed by atoms with Crippen molar-refractivity contribution in [2.45, 2.75) is 0 Å². The van der Waals surface area contributed by atoms with Crippen LogP contribution in [-0.2, 0) is 0 Å². The van der Waals surface area contributed by atoms with E-state index in [1.54, 1.807) is 29.3 Å². The van der Waals surface area contributed by atoms with Gasteiger partial charge in [-0.05, 0) is 18.2 Å². The maximum absolute atomic E-state index is 13.9. The van der Waals surface area contributed by atoms with Crippen LogP contribution in [0.25, 0.3) is 0 Å². The molecule has 2 amide bonds. The summed E-state index contributed by atoms with van der Waals surface area (Å²) in [6.45, 7) is 2.33. The maximum atomic E-state index is 13.9. The first kappa shape index (κ1) is 17.8. The van der Waals surface area contributed by atoms with Crippen LogP contribution in [0.1, 0.15) is 0 Å². The molecule has 0 aliphatic carbocycles. The van der Waals surface area contributed by atoms with Gasteiger partial charge in [-0.2, -0.15) is 0 Å². The molecule has 1 fully saturated rings. The van der Waals surface area contributed by atoms with Crippen molar-refractivity contribution >= 4 is 17.4 Å². The number of carbonyl (C=O) groups is 1. The fourth-order valence-electron chi connectivity index (χ4n) is 2.82. The van der Waals surface area contributed by atoms with Gasteiger partial charge in [-0.25, -0.2) is 14.2 Å². The smallest absolute Gasteiger partial charge is 0.321 e. The largest absolute Gasteiger partial charge is 0.494 e. The average molecular weight is 360 g/mol. The Kier molecular flexibility index (Phi) is 5.40. The Morgan fingerprint density at radius 2 is 1.88 bits per heavy atom. The molecule has 0 atom stereocenters. The standard InChI is InChI=1S/C18H21FN4O3/c1-25-16-4-3-14(12-15(16)19)22-7-9-23(10-8-22)18(24)21-13-5-6-20-17(11-13)26-2/h3-6,11-12H,7-10H2,1-2H3,(H,20,21,24). The summed E-state index contributed by atoms with van der Waals surface area (Å²) in [6.07, 6.45) is 1.57. The number of nitrogens with one attached hydrogen (secondary N) is 1. The van der Waals surface area contributed by atoms with E-state index in [2.05, 4.69) is 10.3 Å². The van der Waals surface area contributed by atoms with Crippen LogP contribution in [0, 0.1) is 5.82 Å². The molecule has 1 aromatic carbocycles.